The van der Waals surface area contributed by atoms with Crippen molar-refractivity contribution in [1.82, 2.24) is 0 Å². The Hall–Kier alpha value is -0.770. The smallest absolute Gasteiger partial charge is 0.425 e. The lowest BCUT2D eigenvalue weighted by Crippen LogP contribution is -2.50. The average molecular weight is 355 g/mol. The van der Waals surface area contributed by atoms with Gasteiger partial charge in [0.15, 0.2) is 0 Å². The Balaban J connectivity index is 2.03. The quantitative estimate of drug-likeness (QED) is 0.327. The number of carbonyl (C=O) groups is 1. The van der Waals surface area contributed by atoms with Crippen LogP contribution in [0.3, 0.4) is 0 Å². The van der Waals surface area contributed by atoms with Crippen molar-refractivity contribution in [2.75, 3.05) is 0 Å². The molecule has 2 fully saturated rings. The lowest BCUT2D eigenvalue weighted by atomic mass is 9.68. The van der Waals surface area contributed by atoms with Gasteiger partial charge in [0.2, 0.25) is 0 Å². The lowest BCUT2D eigenvalue weighted by molar-refractivity contribution is -0.363. The summed E-state index contributed by atoms with van der Waals surface area (Å²) in [6, 6.07) is 0. The predicted octanol–water partition coefficient (Wildman–Crippen LogP) is 6.57. The molecule has 0 radical (unpaired) electrons. The van der Waals surface area contributed by atoms with E-state index in [9.17, 15) is 4.79 Å². The number of hydrogen-bond donors (Lipinski definition) is 0. The molecule has 0 aromatic heterocycles. The van der Waals surface area contributed by atoms with Gasteiger partial charge in [0.25, 0.3) is 0 Å². The van der Waals surface area contributed by atoms with Gasteiger partial charge in [0.1, 0.15) is 11.2 Å². The minimum absolute atomic E-state index is 0.0831. The Labute approximate surface area is 153 Å². The molecule has 2 aliphatic rings. The topological polar surface area (TPSA) is 44.8 Å². The first-order valence-corrected chi connectivity index (χ1v) is 10.1. The van der Waals surface area contributed by atoms with Gasteiger partial charge in [-0.05, 0) is 43.9 Å². The molecule has 2 aliphatic carbocycles. The van der Waals surface area contributed by atoms with Gasteiger partial charge in [-0.1, -0.05) is 67.2 Å². The molecular formula is C21H38O4. The van der Waals surface area contributed by atoms with Crippen LogP contribution < -0.4 is 0 Å². The molecule has 4 heteroatoms. The molecule has 2 rings (SSSR count). The number of carbonyl (C=O) groups excluding carboxylic acids is 1. The zero-order valence-corrected chi connectivity index (χ0v) is 17.2. The second-order valence-electron chi connectivity index (χ2n) is 10.1. The Morgan fingerprint density at radius 1 is 0.680 bits per heavy atom. The third kappa shape index (κ3) is 4.50. The van der Waals surface area contributed by atoms with E-state index >= 15 is 0 Å². The van der Waals surface area contributed by atoms with Crippen LogP contribution in [0.15, 0.2) is 0 Å². The largest absolute Gasteiger partial charge is 0.541 e. The normalized spacial score (nSPS) is 23.8. The zero-order valence-electron chi connectivity index (χ0n) is 17.2. The van der Waals surface area contributed by atoms with E-state index in [1.807, 2.05) is 0 Å². The van der Waals surface area contributed by atoms with Crippen molar-refractivity contribution in [2.45, 2.75) is 117 Å². The standard InChI is InChI=1S/C21H38O4/c1-18(2,3)20(13-9-7-10-14-20)23-17(22)24-25-21(19(4,5)6)15-11-8-12-16-21/h7-16H2,1-6H3. The molecule has 0 heterocycles. The number of rotatable bonds is 3. The maximum Gasteiger partial charge on any atom is 0.541 e. The molecule has 2 saturated carbocycles. The molecule has 0 unspecified atom stereocenters. The van der Waals surface area contributed by atoms with Gasteiger partial charge in [-0.25, -0.2) is 4.79 Å². The summed E-state index contributed by atoms with van der Waals surface area (Å²) in [6.07, 6.45) is 9.82. The Morgan fingerprint density at radius 2 is 1.08 bits per heavy atom. The molecule has 146 valence electrons. The third-order valence-electron chi connectivity index (χ3n) is 6.60. The van der Waals surface area contributed by atoms with Gasteiger partial charge in [-0.3, -0.25) is 4.89 Å². The van der Waals surface area contributed by atoms with Crippen molar-refractivity contribution >= 4 is 6.16 Å². The van der Waals surface area contributed by atoms with Gasteiger partial charge in [-0.15, -0.1) is 0 Å². The molecule has 0 aromatic rings. The molecule has 0 spiro atoms. The van der Waals surface area contributed by atoms with Crippen molar-refractivity contribution in [1.29, 1.82) is 0 Å². The van der Waals surface area contributed by atoms with E-state index in [1.165, 1.54) is 12.8 Å². The van der Waals surface area contributed by atoms with E-state index in [1.54, 1.807) is 0 Å². The van der Waals surface area contributed by atoms with Crippen LogP contribution in [0.5, 0.6) is 0 Å². The van der Waals surface area contributed by atoms with Gasteiger partial charge < -0.3 is 4.74 Å². The van der Waals surface area contributed by atoms with Gasteiger partial charge in [-0.2, -0.15) is 4.89 Å². The van der Waals surface area contributed by atoms with Crippen molar-refractivity contribution in [3.05, 3.63) is 0 Å². The first-order valence-electron chi connectivity index (χ1n) is 10.1. The van der Waals surface area contributed by atoms with Crippen molar-refractivity contribution in [3.8, 4) is 0 Å². The van der Waals surface area contributed by atoms with Gasteiger partial charge in [0.05, 0.1) is 0 Å². The first kappa shape index (κ1) is 20.5. The Bertz CT molecular complexity index is 443. The van der Waals surface area contributed by atoms with Crippen LogP contribution in [0.25, 0.3) is 0 Å². The summed E-state index contributed by atoms with van der Waals surface area (Å²) < 4.78 is 5.91. The fourth-order valence-corrected chi connectivity index (χ4v) is 4.50. The zero-order chi connectivity index (χ0) is 18.8. The maximum absolute atomic E-state index is 12.5. The first-order chi connectivity index (χ1) is 11.5. The molecule has 0 atom stereocenters. The van der Waals surface area contributed by atoms with Gasteiger partial charge in [0, 0.05) is 5.41 Å². The molecule has 0 saturated heterocycles. The highest BCUT2D eigenvalue weighted by molar-refractivity contribution is 5.60. The van der Waals surface area contributed by atoms with E-state index < -0.39 is 17.4 Å². The minimum atomic E-state index is -0.675. The van der Waals surface area contributed by atoms with Crippen LogP contribution in [-0.4, -0.2) is 17.4 Å². The minimum Gasteiger partial charge on any atom is -0.425 e. The van der Waals surface area contributed by atoms with Crippen molar-refractivity contribution in [3.63, 3.8) is 0 Å². The van der Waals surface area contributed by atoms with Crippen molar-refractivity contribution < 1.29 is 19.3 Å². The van der Waals surface area contributed by atoms with Crippen LogP contribution in [0, 0.1) is 10.8 Å². The monoisotopic (exact) mass is 354 g/mol. The summed E-state index contributed by atoms with van der Waals surface area (Å²) >= 11 is 0. The molecule has 0 N–H and O–H groups in total. The van der Waals surface area contributed by atoms with Gasteiger partial charge >= 0.3 is 6.16 Å². The van der Waals surface area contributed by atoms with E-state index in [0.717, 1.165) is 51.4 Å². The fourth-order valence-electron chi connectivity index (χ4n) is 4.50. The Morgan fingerprint density at radius 3 is 1.48 bits per heavy atom. The summed E-state index contributed by atoms with van der Waals surface area (Å²) in [5.41, 5.74) is -1.06. The summed E-state index contributed by atoms with van der Waals surface area (Å²) in [5.74, 6) is 0. The summed E-state index contributed by atoms with van der Waals surface area (Å²) in [7, 11) is 0. The molecular weight excluding hydrogens is 316 g/mol. The molecule has 25 heavy (non-hydrogen) atoms. The SMILES string of the molecule is CC(C)(C)C1(OOC(=O)OC2(C(C)(C)C)CCCCC2)CCCCC1. The highest BCUT2D eigenvalue weighted by atomic mass is 17.2. The third-order valence-corrected chi connectivity index (χ3v) is 6.60. The predicted molar refractivity (Wildman–Crippen MR) is 99.2 cm³/mol. The highest BCUT2D eigenvalue weighted by Crippen LogP contribution is 2.47. The van der Waals surface area contributed by atoms with Crippen LogP contribution in [0.2, 0.25) is 0 Å². The van der Waals surface area contributed by atoms with E-state index in [0.29, 0.717) is 0 Å². The van der Waals surface area contributed by atoms with Crippen LogP contribution in [-0.2, 0) is 14.5 Å². The summed E-state index contributed by atoms with van der Waals surface area (Å²) in [5, 5.41) is 0. The molecule has 0 aromatic carbocycles. The molecule has 0 bridgehead atoms. The highest BCUT2D eigenvalue weighted by Gasteiger charge is 2.49. The molecule has 0 aliphatic heterocycles. The fraction of sp³-hybridized carbons (Fsp3) is 0.952. The summed E-state index contributed by atoms with van der Waals surface area (Å²) in [6.45, 7) is 12.9. The summed E-state index contributed by atoms with van der Waals surface area (Å²) in [4.78, 5) is 23.6. The second-order valence-corrected chi connectivity index (χ2v) is 10.1. The molecule has 4 nitrogen and oxygen atoms in total. The maximum atomic E-state index is 12.5. The number of hydrogen-bond acceptors (Lipinski definition) is 4. The second kappa shape index (κ2) is 7.46. The van der Waals surface area contributed by atoms with E-state index in [2.05, 4.69) is 41.5 Å². The average Bonchev–Trinajstić information content (AvgIpc) is 2.53. The van der Waals surface area contributed by atoms with Crippen molar-refractivity contribution in [2.24, 2.45) is 10.8 Å². The Kier molecular flexibility index (Phi) is 6.13. The number of ether oxygens (including phenoxy) is 1. The van der Waals surface area contributed by atoms with E-state index in [-0.39, 0.29) is 10.8 Å². The van der Waals surface area contributed by atoms with Crippen LogP contribution in [0.4, 0.5) is 4.79 Å². The lowest BCUT2D eigenvalue weighted by Gasteiger charge is -2.47. The van der Waals surface area contributed by atoms with E-state index in [4.69, 9.17) is 14.5 Å². The molecule has 0 amide bonds. The van der Waals surface area contributed by atoms with Crippen LogP contribution in [0.1, 0.15) is 106 Å². The van der Waals surface area contributed by atoms with Crippen LogP contribution >= 0.6 is 0 Å².